The number of ether oxygens (including phenoxy) is 1. The molecule has 0 aliphatic heterocycles. The molecule has 0 aliphatic carbocycles. The van der Waals surface area contributed by atoms with Crippen molar-refractivity contribution in [2.75, 3.05) is 12.9 Å². The highest BCUT2D eigenvalue weighted by Gasteiger charge is 2.05. The van der Waals surface area contributed by atoms with E-state index < -0.39 is 0 Å². The molecule has 1 heterocycles. The highest BCUT2D eigenvalue weighted by molar-refractivity contribution is 7.99. The van der Waals surface area contributed by atoms with E-state index in [1.165, 1.54) is 17.8 Å². The van der Waals surface area contributed by atoms with Gasteiger partial charge >= 0.3 is 0 Å². The van der Waals surface area contributed by atoms with Crippen LogP contribution < -0.4 is 10.2 Å². The van der Waals surface area contributed by atoms with Gasteiger partial charge in [0.05, 0.1) is 12.5 Å². The second-order valence-electron chi connectivity index (χ2n) is 3.22. The van der Waals surface area contributed by atoms with Gasteiger partial charge in [-0.15, -0.1) is 0 Å². The Morgan fingerprint density at radius 3 is 2.88 bits per heavy atom. The van der Waals surface area contributed by atoms with E-state index in [-0.39, 0.29) is 5.43 Å². The van der Waals surface area contributed by atoms with Crippen LogP contribution in [0.15, 0.2) is 38.6 Å². The fraction of sp³-hybridized carbons (Fsp3) is 0.250. The summed E-state index contributed by atoms with van der Waals surface area (Å²) in [5, 5.41) is 1.23. The molecule has 0 radical (unpaired) electrons. The molecule has 0 saturated heterocycles. The number of methoxy groups -OCH3 is 1. The Balaban J connectivity index is 2.63. The molecule has 16 heavy (non-hydrogen) atoms. The van der Waals surface area contributed by atoms with Gasteiger partial charge in [-0.2, -0.15) is 0 Å². The van der Waals surface area contributed by atoms with Gasteiger partial charge in [-0.3, -0.25) is 4.79 Å². The van der Waals surface area contributed by atoms with Crippen LogP contribution in [0.1, 0.15) is 6.92 Å². The van der Waals surface area contributed by atoms with Crippen LogP contribution in [-0.2, 0) is 0 Å². The van der Waals surface area contributed by atoms with Crippen molar-refractivity contribution in [2.24, 2.45) is 0 Å². The minimum absolute atomic E-state index is 0.0140. The van der Waals surface area contributed by atoms with E-state index in [0.717, 1.165) is 5.75 Å². The zero-order chi connectivity index (χ0) is 11.5. The van der Waals surface area contributed by atoms with Crippen molar-refractivity contribution in [1.82, 2.24) is 0 Å². The van der Waals surface area contributed by atoms with Gasteiger partial charge in [-0.05, 0) is 17.9 Å². The highest BCUT2D eigenvalue weighted by Crippen LogP contribution is 2.23. The maximum absolute atomic E-state index is 11.8. The van der Waals surface area contributed by atoms with Crippen molar-refractivity contribution in [3.05, 3.63) is 34.5 Å². The Morgan fingerprint density at radius 1 is 1.38 bits per heavy atom. The predicted octanol–water partition coefficient (Wildman–Crippen LogP) is 2.91. The fourth-order valence-electron chi connectivity index (χ4n) is 1.45. The first-order valence-corrected chi connectivity index (χ1v) is 5.98. The summed E-state index contributed by atoms with van der Waals surface area (Å²) >= 11 is 1.51. The minimum atomic E-state index is -0.0140. The zero-order valence-corrected chi connectivity index (χ0v) is 9.97. The summed E-state index contributed by atoms with van der Waals surface area (Å²) < 4.78 is 10.7. The Bertz CT molecular complexity index is 560. The van der Waals surface area contributed by atoms with Crippen LogP contribution in [0.3, 0.4) is 0 Å². The van der Waals surface area contributed by atoms with Gasteiger partial charge in [0.25, 0.3) is 0 Å². The standard InChI is InChI=1S/C12H12O3S/c1-3-16-12-7-10(13)9-5-4-8(14-2)6-11(9)15-12/h4-7H,3H2,1-2H3. The van der Waals surface area contributed by atoms with Crippen molar-refractivity contribution in [3.8, 4) is 5.75 Å². The number of hydrogen-bond acceptors (Lipinski definition) is 4. The van der Waals surface area contributed by atoms with Gasteiger partial charge in [0.15, 0.2) is 10.5 Å². The Labute approximate surface area is 97.4 Å². The van der Waals surface area contributed by atoms with E-state index >= 15 is 0 Å². The van der Waals surface area contributed by atoms with Crippen LogP contribution in [0.4, 0.5) is 0 Å². The Kier molecular flexibility index (Phi) is 3.19. The van der Waals surface area contributed by atoms with Crippen molar-refractivity contribution < 1.29 is 9.15 Å². The maximum Gasteiger partial charge on any atom is 0.193 e. The molecule has 0 saturated carbocycles. The largest absolute Gasteiger partial charge is 0.497 e. The molecule has 0 unspecified atom stereocenters. The van der Waals surface area contributed by atoms with Crippen molar-refractivity contribution in [1.29, 1.82) is 0 Å². The van der Waals surface area contributed by atoms with Gasteiger partial charge in [0.2, 0.25) is 0 Å². The molecule has 4 heteroatoms. The van der Waals surface area contributed by atoms with Crippen molar-refractivity contribution in [2.45, 2.75) is 12.0 Å². The van der Waals surface area contributed by atoms with Crippen LogP contribution in [0.5, 0.6) is 5.75 Å². The number of hydrogen-bond donors (Lipinski definition) is 0. The quantitative estimate of drug-likeness (QED) is 0.768. The lowest BCUT2D eigenvalue weighted by molar-refractivity contribution is 0.413. The third-order valence-electron chi connectivity index (χ3n) is 2.20. The molecule has 0 fully saturated rings. The molecule has 2 aromatic rings. The molecule has 1 aromatic carbocycles. The third-order valence-corrected chi connectivity index (χ3v) is 2.97. The number of fused-ring (bicyclic) bond motifs is 1. The Hall–Kier alpha value is -1.42. The van der Waals surface area contributed by atoms with E-state index in [9.17, 15) is 4.79 Å². The van der Waals surface area contributed by atoms with Crippen molar-refractivity contribution in [3.63, 3.8) is 0 Å². The van der Waals surface area contributed by atoms with Crippen LogP contribution in [0, 0.1) is 0 Å². The minimum Gasteiger partial charge on any atom is -0.497 e. The summed E-state index contributed by atoms with van der Waals surface area (Å²) in [6.45, 7) is 2.01. The molecule has 3 nitrogen and oxygen atoms in total. The number of thioether (sulfide) groups is 1. The molecule has 1 aromatic heterocycles. The molecule has 0 amide bonds. The zero-order valence-electron chi connectivity index (χ0n) is 9.15. The van der Waals surface area contributed by atoms with E-state index in [0.29, 0.717) is 21.8 Å². The number of benzene rings is 1. The summed E-state index contributed by atoms with van der Waals surface area (Å²) in [7, 11) is 1.59. The van der Waals surface area contributed by atoms with Gasteiger partial charge in [0, 0.05) is 12.1 Å². The second-order valence-corrected chi connectivity index (χ2v) is 4.49. The monoisotopic (exact) mass is 236 g/mol. The molecular weight excluding hydrogens is 224 g/mol. The lowest BCUT2D eigenvalue weighted by atomic mass is 10.2. The van der Waals surface area contributed by atoms with Gasteiger partial charge in [-0.25, -0.2) is 0 Å². The topological polar surface area (TPSA) is 39.4 Å². The molecule has 0 N–H and O–H groups in total. The van der Waals surface area contributed by atoms with Gasteiger partial charge in [0.1, 0.15) is 11.3 Å². The lowest BCUT2D eigenvalue weighted by Gasteiger charge is -2.03. The number of rotatable bonds is 3. The molecular formula is C12H12O3S. The van der Waals surface area contributed by atoms with E-state index in [1.807, 2.05) is 6.92 Å². The normalized spacial score (nSPS) is 10.6. The first kappa shape index (κ1) is 11.1. The summed E-state index contributed by atoms with van der Waals surface area (Å²) in [5.41, 5.74) is 0.558. The second kappa shape index (κ2) is 4.61. The highest BCUT2D eigenvalue weighted by atomic mass is 32.2. The average Bonchev–Trinajstić information content (AvgIpc) is 2.28. The average molecular weight is 236 g/mol. The molecule has 84 valence electrons. The molecule has 0 aliphatic rings. The van der Waals surface area contributed by atoms with Crippen LogP contribution in [0.25, 0.3) is 11.0 Å². The molecule has 0 atom stereocenters. The first-order valence-electron chi connectivity index (χ1n) is 4.99. The molecule has 0 spiro atoms. The Morgan fingerprint density at radius 2 is 2.19 bits per heavy atom. The molecule has 0 bridgehead atoms. The summed E-state index contributed by atoms with van der Waals surface area (Å²) in [6.07, 6.45) is 0. The van der Waals surface area contributed by atoms with Crippen LogP contribution >= 0.6 is 11.8 Å². The van der Waals surface area contributed by atoms with Gasteiger partial charge < -0.3 is 9.15 Å². The van der Waals surface area contributed by atoms with Crippen LogP contribution in [0.2, 0.25) is 0 Å². The smallest absolute Gasteiger partial charge is 0.193 e. The third kappa shape index (κ3) is 2.07. The van der Waals surface area contributed by atoms with Gasteiger partial charge in [-0.1, -0.05) is 18.7 Å². The van der Waals surface area contributed by atoms with Crippen LogP contribution in [-0.4, -0.2) is 12.9 Å². The summed E-state index contributed by atoms with van der Waals surface area (Å²) in [5.74, 6) is 1.56. The van der Waals surface area contributed by atoms with Crippen molar-refractivity contribution >= 4 is 22.7 Å². The van der Waals surface area contributed by atoms with E-state index in [1.54, 1.807) is 25.3 Å². The van der Waals surface area contributed by atoms with E-state index in [2.05, 4.69) is 0 Å². The maximum atomic E-state index is 11.8. The fourth-order valence-corrected chi connectivity index (χ4v) is 2.08. The van der Waals surface area contributed by atoms with E-state index in [4.69, 9.17) is 9.15 Å². The lowest BCUT2D eigenvalue weighted by Crippen LogP contribution is -2.00. The predicted molar refractivity (Wildman–Crippen MR) is 65.4 cm³/mol. The summed E-state index contributed by atoms with van der Waals surface area (Å²) in [6, 6.07) is 6.74. The summed E-state index contributed by atoms with van der Waals surface area (Å²) in [4.78, 5) is 11.8. The molecule has 2 rings (SSSR count). The SMILES string of the molecule is CCSc1cc(=O)c2ccc(OC)cc2o1. The first-order chi connectivity index (χ1) is 7.74.